The maximum atomic E-state index is 5.59. The molecule has 0 radical (unpaired) electrons. The summed E-state index contributed by atoms with van der Waals surface area (Å²) in [6.07, 6.45) is 1.86. The van der Waals surface area contributed by atoms with Crippen LogP contribution < -0.4 is 14.8 Å². The lowest BCUT2D eigenvalue weighted by Gasteiger charge is -2.19. The average Bonchev–Trinajstić information content (AvgIpc) is 2.55. The zero-order chi connectivity index (χ0) is 15.6. The van der Waals surface area contributed by atoms with Crippen LogP contribution in [0, 0.1) is 0 Å². The average molecular weight is 309 g/mol. The minimum atomic E-state index is -0.0777. The quantitative estimate of drug-likeness (QED) is 0.532. The summed E-state index contributed by atoms with van der Waals surface area (Å²) in [6, 6.07) is 6.10. The fourth-order valence-corrected chi connectivity index (χ4v) is 2.41. The third-order valence-electron chi connectivity index (χ3n) is 3.43. The molecule has 1 aliphatic rings. The number of nitrogens with one attached hydrogen (secondary N) is 1. The Hall–Kier alpha value is -1.30. The first-order valence-electron chi connectivity index (χ1n) is 8.16. The van der Waals surface area contributed by atoms with Crippen molar-refractivity contribution in [2.75, 3.05) is 33.0 Å². The summed E-state index contributed by atoms with van der Waals surface area (Å²) >= 11 is 0. The highest BCUT2D eigenvalue weighted by Crippen LogP contribution is 2.30. The monoisotopic (exact) mass is 309 g/mol. The summed E-state index contributed by atoms with van der Waals surface area (Å²) in [4.78, 5) is 0. The number of hydrogen-bond donors (Lipinski definition) is 1. The van der Waals surface area contributed by atoms with Gasteiger partial charge in [-0.1, -0.05) is 6.07 Å². The van der Waals surface area contributed by atoms with Gasteiger partial charge in [-0.15, -0.1) is 0 Å². The van der Waals surface area contributed by atoms with Gasteiger partial charge < -0.3 is 24.3 Å². The Labute approximate surface area is 132 Å². The van der Waals surface area contributed by atoms with E-state index < -0.39 is 0 Å². The van der Waals surface area contributed by atoms with Crippen LogP contribution in [0.5, 0.6) is 11.5 Å². The lowest BCUT2D eigenvalue weighted by Crippen LogP contribution is -2.21. The van der Waals surface area contributed by atoms with Crippen molar-refractivity contribution < 1.29 is 18.9 Å². The van der Waals surface area contributed by atoms with Crippen LogP contribution in [0.2, 0.25) is 0 Å². The molecule has 5 heteroatoms. The van der Waals surface area contributed by atoms with Gasteiger partial charge in [0.15, 0.2) is 17.8 Å². The topological polar surface area (TPSA) is 49.0 Å². The predicted molar refractivity (Wildman–Crippen MR) is 85.4 cm³/mol. The predicted octanol–water partition coefficient (Wildman–Crippen LogP) is 2.73. The van der Waals surface area contributed by atoms with Gasteiger partial charge in [0.2, 0.25) is 0 Å². The van der Waals surface area contributed by atoms with Crippen LogP contribution in [0.4, 0.5) is 0 Å². The lowest BCUT2D eigenvalue weighted by atomic mass is 10.2. The van der Waals surface area contributed by atoms with E-state index in [0.29, 0.717) is 26.4 Å². The van der Waals surface area contributed by atoms with Gasteiger partial charge in [-0.3, -0.25) is 0 Å². The second-order valence-electron chi connectivity index (χ2n) is 5.14. The van der Waals surface area contributed by atoms with Gasteiger partial charge in [-0.2, -0.15) is 0 Å². The SMILES string of the molecule is CCOC(CCCNCc1ccc2c(c1)OCCO2)OCC. The van der Waals surface area contributed by atoms with Crippen LogP contribution in [-0.2, 0) is 16.0 Å². The fraction of sp³-hybridized carbons (Fsp3) is 0.647. The molecule has 0 saturated carbocycles. The van der Waals surface area contributed by atoms with Crippen molar-refractivity contribution >= 4 is 0 Å². The van der Waals surface area contributed by atoms with E-state index in [0.717, 1.165) is 37.4 Å². The molecule has 5 nitrogen and oxygen atoms in total. The molecular formula is C17H27NO4. The van der Waals surface area contributed by atoms with Gasteiger partial charge in [0.1, 0.15) is 13.2 Å². The number of benzene rings is 1. The molecule has 124 valence electrons. The van der Waals surface area contributed by atoms with Crippen molar-refractivity contribution in [3.63, 3.8) is 0 Å². The molecule has 0 unspecified atom stereocenters. The standard InChI is InChI=1S/C17H27NO4/c1-3-19-17(20-4-2)6-5-9-18-13-14-7-8-15-16(12-14)22-11-10-21-15/h7-8,12,17-18H,3-6,9-11,13H2,1-2H3. The molecule has 0 fully saturated rings. The van der Waals surface area contributed by atoms with Crippen LogP contribution in [0.15, 0.2) is 18.2 Å². The summed E-state index contributed by atoms with van der Waals surface area (Å²) in [7, 11) is 0. The molecule has 0 spiro atoms. The second-order valence-corrected chi connectivity index (χ2v) is 5.14. The molecular weight excluding hydrogens is 282 g/mol. The van der Waals surface area contributed by atoms with Gasteiger partial charge in [-0.25, -0.2) is 0 Å². The Bertz CT molecular complexity index is 433. The first kappa shape index (κ1) is 17.1. The molecule has 1 aromatic carbocycles. The maximum absolute atomic E-state index is 5.59. The Morgan fingerprint density at radius 1 is 1.09 bits per heavy atom. The first-order chi connectivity index (χ1) is 10.8. The normalized spacial score (nSPS) is 13.6. The van der Waals surface area contributed by atoms with Crippen LogP contribution in [0.25, 0.3) is 0 Å². The lowest BCUT2D eigenvalue weighted by molar-refractivity contribution is -0.139. The van der Waals surface area contributed by atoms with Crippen molar-refractivity contribution in [2.45, 2.75) is 39.5 Å². The van der Waals surface area contributed by atoms with Crippen LogP contribution in [-0.4, -0.2) is 39.3 Å². The van der Waals surface area contributed by atoms with Crippen molar-refractivity contribution in [1.82, 2.24) is 5.32 Å². The molecule has 0 saturated heterocycles. The molecule has 0 aliphatic carbocycles. The molecule has 0 bridgehead atoms. The minimum absolute atomic E-state index is 0.0777. The number of fused-ring (bicyclic) bond motifs is 1. The first-order valence-corrected chi connectivity index (χ1v) is 8.16. The van der Waals surface area contributed by atoms with E-state index in [2.05, 4.69) is 11.4 Å². The third kappa shape index (κ3) is 5.48. The maximum Gasteiger partial charge on any atom is 0.161 e. The summed E-state index contributed by atoms with van der Waals surface area (Å²) < 4.78 is 22.2. The van der Waals surface area contributed by atoms with E-state index in [1.54, 1.807) is 0 Å². The molecule has 0 atom stereocenters. The molecule has 1 aliphatic heterocycles. The van der Waals surface area contributed by atoms with Gasteiger partial charge in [0, 0.05) is 19.8 Å². The highest BCUT2D eigenvalue weighted by Gasteiger charge is 2.11. The van der Waals surface area contributed by atoms with E-state index in [1.807, 2.05) is 26.0 Å². The summed E-state index contributed by atoms with van der Waals surface area (Å²) in [5, 5.41) is 3.44. The largest absolute Gasteiger partial charge is 0.486 e. The van der Waals surface area contributed by atoms with E-state index >= 15 is 0 Å². The summed E-state index contributed by atoms with van der Waals surface area (Å²) in [5.74, 6) is 1.68. The number of rotatable bonds is 10. The van der Waals surface area contributed by atoms with Crippen molar-refractivity contribution in [1.29, 1.82) is 0 Å². The van der Waals surface area contributed by atoms with Gasteiger partial charge >= 0.3 is 0 Å². The molecule has 1 aromatic rings. The zero-order valence-corrected chi connectivity index (χ0v) is 13.6. The minimum Gasteiger partial charge on any atom is -0.486 e. The molecule has 2 rings (SSSR count). The van der Waals surface area contributed by atoms with E-state index in [4.69, 9.17) is 18.9 Å². The van der Waals surface area contributed by atoms with E-state index in [-0.39, 0.29) is 6.29 Å². The van der Waals surface area contributed by atoms with E-state index in [9.17, 15) is 0 Å². The second kappa shape index (κ2) is 9.66. The van der Waals surface area contributed by atoms with Crippen molar-refractivity contribution in [3.8, 4) is 11.5 Å². The van der Waals surface area contributed by atoms with Crippen molar-refractivity contribution in [2.24, 2.45) is 0 Å². The summed E-state index contributed by atoms with van der Waals surface area (Å²) in [6.45, 7) is 8.38. The van der Waals surface area contributed by atoms with Crippen LogP contribution in [0.3, 0.4) is 0 Å². The molecule has 1 N–H and O–H groups in total. The fourth-order valence-electron chi connectivity index (χ4n) is 2.41. The Morgan fingerprint density at radius 3 is 2.55 bits per heavy atom. The number of ether oxygens (including phenoxy) is 4. The smallest absolute Gasteiger partial charge is 0.161 e. The number of hydrogen-bond acceptors (Lipinski definition) is 5. The molecule has 0 aromatic heterocycles. The Morgan fingerprint density at radius 2 is 1.82 bits per heavy atom. The Kier molecular flexibility index (Phi) is 7.49. The highest BCUT2D eigenvalue weighted by molar-refractivity contribution is 5.43. The van der Waals surface area contributed by atoms with Gasteiger partial charge in [0.25, 0.3) is 0 Å². The van der Waals surface area contributed by atoms with Crippen molar-refractivity contribution in [3.05, 3.63) is 23.8 Å². The Balaban J connectivity index is 1.66. The van der Waals surface area contributed by atoms with Crippen LogP contribution in [0.1, 0.15) is 32.3 Å². The van der Waals surface area contributed by atoms with E-state index in [1.165, 1.54) is 5.56 Å². The van der Waals surface area contributed by atoms with Crippen LogP contribution >= 0.6 is 0 Å². The molecule has 0 amide bonds. The van der Waals surface area contributed by atoms with Gasteiger partial charge in [0.05, 0.1) is 0 Å². The zero-order valence-electron chi connectivity index (χ0n) is 13.6. The molecule has 1 heterocycles. The summed E-state index contributed by atoms with van der Waals surface area (Å²) in [5.41, 5.74) is 1.20. The third-order valence-corrected chi connectivity index (χ3v) is 3.43. The molecule has 22 heavy (non-hydrogen) atoms. The highest BCUT2D eigenvalue weighted by atomic mass is 16.7. The van der Waals surface area contributed by atoms with Gasteiger partial charge in [-0.05, 0) is 50.9 Å².